The number of hydrogen-bond donors (Lipinski definition) is 1. The van der Waals surface area contributed by atoms with Crippen LogP contribution in [0.25, 0.3) is 0 Å². The highest BCUT2D eigenvalue weighted by Gasteiger charge is 2.18. The molecule has 100 valence electrons. The first-order valence-corrected chi connectivity index (χ1v) is 6.72. The largest absolute Gasteiger partial charge is 0.388 e. The van der Waals surface area contributed by atoms with Crippen LogP contribution in [-0.2, 0) is 6.42 Å². The number of aliphatic hydroxyl groups is 1. The second-order valence-corrected chi connectivity index (χ2v) is 5.35. The van der Waals surface area contributed by atoms with Crippen molar-refractivity contribution < 1.29 is 13.9 Å². The van der Waals surface area contributed by atoms with Gasteiger partial charge in [-0.05, 0) is 35.9 Å². The Labute approximate surface area is 123 Å². The Bertz CT molecular complexity index is 584. The minimum atomic E-state index is -1.10. The lowest BCUT2D eigenvalue weighted by Crippen LogP contribution is -2.06. The first-order valence-electron chi connectivity index (χ1n) is 5.55. The molecule has 0 saturated heterocycles. The molecular formula is C14H10BrClF2O. The third kappa shape index (κ3) is 3.32. The van der Waals surface area contributed by atoms with Crippen molar-refractivity contribution in [1.29, 1.82) is 0 Å². The highest BCUT2D eigenvalue weighted by atomic mass is 79.9. The molecule has 0 fully saturated rings. The number of benzene rings is 2. The fourth-order valence-corrected chi connectivity index (χ4v) is 2.64. The molecule has 1 unspecified atom stereocenters. The molecule has 0 aromatic heterocycles. The quantitative estimate of drug-likeness (QED) is 0.856. The van der Waals surface area contributed by atoms with E-state index in [1.54, 1.807) is 6.07 Å². The molecule has 19 heavy (non-hydrogen) atoms. The minimum absolute atomic E-state index is 0.0378. The van der Waals surface area contributed by atoms with Crippen LogP contribution in [0.3, 0.4) is 0 Å². The molecule has 2 aromatic rings. The van der Waals surface area contributed by atoms with Crippen molar-refractivity contribution in [3.63, 3.8) is 0 Å². The molecule has 0 bridgehead atoms. The van der Waals surface area contributed by atoms with Gasteiger partial charge in [-0.25, -0.2) is 8.78 Å². The molecule has 0 amide bonds. The maximum Gasteiger partial charge on any atom is 0.130 e. The van der Waals surface area contributed by atoms with Gasteiger partial charge in [-0.1, -0.05) is 33.6 Å². The highest BCUT2D eigenvalue weighted by Crippen LogP contribution is 2.30. The van der Waals surface area contributed by atoms with Gasteiger partial charge in [-0.3, -0.25) is 0 Å². The van der Waals surface area contributed by atoms with E-state index in [2.05, 4.69) is 15.9 Å². The standard InChI is InChI=1S/C14H10BrClF2O/c15-10-2-1-3-12(18)14(10)13(19)7-8-6-9(17)4-5-11(8)16/h1-6,13,19H,7H2. The van der Waals surface area contributed by atoms with E-state index < -0.39 is 17.7 Å². The number of hydrogen-bond acceptors (Lipinski definition) is 1. The van der Waals surface area contributed by atoms with Gasteiger partial charge in [0.1, 0.15) is 11.6 Å². The third-order valence-electron chi connectivity index (χ3n) is 2.75. The summed E-state index contributed by atoms with van der Waals surface area (Å²) in [7, 11) is 0. The third-order valence-corrected chi connectivity index (χ3v) is 3.81. The molecule has 0 heterocycles. The van der Waals surface area contributed by atoms with Gasteiger partial charge in [0.05, 0.1) is 6.10 Å². The fraction of sp³-hybridized carbons (Fsp3) is 0.143. The molecule has 0 spiro atoms. The summed E-state index contributed by atoms with van der Waals surface area (Å²) in [5.41, 5.74) is 0.576. The highest BCUT2D eigenvalue weighted by molar-refractivity contribution is 9.10. The van der Waals surface area contributed by atoms with Crippen LogP contribution in [0.5, 0.6) is 0 Å². The Morgan fingerprint density at radius 1 is 1.21 bits per heavy atom. The van der Waals surface area contributed by atoms with E-state index in [1.807, 2.05) is 0 Å². The van der Waals surface area contributed by atoms with Gasteiger partial charge in [-0.15, -0.1) is 0 Å². The van der Waals surface area contributed by atoms with Crippen LogP contribution in [0.15, 0.2) is 40.9 Å². The zero-order chi connectivity index (χ0) is 14.0. The maximum absolute atomic E-state index is 13.7. The normalized spacial score (nSPS) is 12.5. The minimum Gasteiger partial charge on any atom is -0.388 e. The van der Waals surface area contributed by atoms with Crippen molar-refractivity contribution in [3.05, 3.63) is 68.7 Å². The lowest BCUT2D eigenvalue weighted by atomic mass is 10.0. The molecule has 0 aliphatic rings. The monoisotopic (exact) mass is 346 g/mol. The zero-order valence-corrected chi connectivity index (χ0v) is 12.0. The van der Waals surface area contributed by atoms with E-state index in [4.69, 9.17) is 11.6 Å². The summed E-state index contributed by atoms with van der Waals surface area (Å²) in [6.07, 6.45) is -1.06. The Morgan fingerprint density at radius 2 is 1.95 bits per heavy atom. The SMILES string of the molecule is OC(Cc1cc(F)ccc1Cl)c1c(F)cccc1Br. The van der Waals surface area contributed by atoms with Crippen LogP contribution in [0.2, 0.25) is 5.02 Å². The molecular weight excluding hydrogens is 338 g/mol. The van der Waals surface area contributed by atoms with Gasteiger partial charge >= 0.3 is 0 Å². The van der Waals surface area contributed by atoms with Crippen molar-refractivity contribution in [2.45, 2.75) is 12.5 Å². The van der Waals surface area contributed by atoms with Gasteiger partial charge in [0.2, 0.25) is 0 Å². The fourth-order valence-electron chi connectivity index (χ4n) is 1.84. The Morgan fingerprint density at radius 3 is 2.63 bits per heavy atom. The predicted molar refractivity (Wildman–Crippen MR) is 74.2 cm³/mol. The van der Waals surface area contributed by atoms with E-state index in [-0.39, 0.29) is 12.0 Å². The van der Waals surface area contributed by atoms with Crippen LogP contribution in [0.4, 0.5) is 8.78 Å². The predicted octanol–water partition coefficient (Wildman–Crippen LogP) is 4.66. The van der Waals surface area contributed by atoms with E-state index in [0.29, 0.717) is 15.1 Å². The van der Waals surface area contributed by atoms with Gasteiger partial charge in [0, 0.05) is 21.5 Å². The molecule has 5 heteroatoms. The molecule has 1 N–H and O–H groups in total. The Hall–Kier alpha value is -0.970. The number of aliphatic hydroxyl groups excluding tert-OH is 1. The second-order valence-electron chi connectivity index (χ2n) is 4.09. The summed E-state index contributed by atoms with van der Waals surface area (Å²) in [6, 6.07) is 8.31. The average molecular weight is 348 g/mol. The van der Waals surface area contributed by atoms with E-state index in [0.717, 1.165) is 0 Å². The molecule has 0 saturated carbocycles. The molecule has 2 rings (SSSR count). The molecule has 0 aliphatic heterocycles. The summed E-state index contributed by atoms with van der Waals surface area (Å²) in [5, 5.41) is 10.4. The van der Waals surface area contributed by atoms with Crippen LogP contribution in [-0.4, -0.2) is 5.11 Å². The summed E-state index contributed by atoms with van der Waals surface area (Å²) in [5.74, 6) is -0.964. The summed E-state index contributed by atoms with van der Waals surface area (Å²) in [4.78, 5) is 0. The van der Waals surface area contributed by atoms with Crippen molar-refractivity contribution in [2.75, 3.05) is 0 Å². The van der Waals surface area contributed by atoms with Crippen LogP contribution in [0, 0.1) is 11.6 Å². The lowest BCUT2D eigenvalue weighted by molar-refractivity contribution is 0.172. The van der Waals surface area contributed by atoms with Gasteiger partial charge in [-0.2, -0.15) is 0 Å². The number of halogens is 4. The average Bonchev–Trinajstić information content (AvgIpc) is 2.33. The Balaban J connectivity index is 2.31. The van der Waals surface area contributed by atoms with Crippen molar-refractivity contribution in [3.8, 4) is 0 Å². The van der Waals surface area contributed by atoms with Crippen LogP contribution >= 0.6 is 27.5 Å². The zero-order valence-electron chi connectivity index (χ0n) is 9.71. The van der Waals surface area contributed by atoms with Gasteiger partial charge in [0.25, 0.3) is 0 Å². The lowest BCUT2D eigenvalue weighted by Gasteiger charge is -2.14. The summed E-state index contributed by atoms with van der Waals surface area (Å²) in [6.45, 7) is 0. The van der Waals surface area contributed by atoms with Crippen LogP contribution in [0.1, 0.15) is 17.2 Å². The van der Waals surface area contributed by atoms with Crippen molar-refractivity contribution in [1.82, 2.24) is 0 Å². The molecule has 1 atom stereocenters. The first-order chi connectivity index (χ1) is 8.99. The van der Waals surface area contributed by atoms with Crippen molar-refractivity contribution in [2.24, 2.45) is 0 Å². The molecule has 0 aliphatic carbocycles. The molecule has 0 radical (unpaired) electrons. The first kappa shape index (κ1) is 14.4. The molecule has 1 nitrogen and oxygen atoms in total. The Kier molecular flexibility index (Phi) is 4.55. The van der Waals surface area contributed by atoms with Gasteiger partial charge < -0.3 is 5.11 Å². The van der Waals surface area contributed by atoms with Crippen molar-refractivity contribution >= 4 is 27.5 Å². The summed E-state index contributed by atoms with van der Waals surface area (Å²) >= 11 is 9.11. The number of rotatable bonds is 3. The smallest absolute Gasteiger partial charge is 0.130 e. The topological polar surface area (TPSA) is 20.2 Å². The van der Waals surface area contributed by atoms with E-state index in [9.17, 15) is 13.9 Å². The summed E-state index contributed by atoms with van der Waals surface area (Å²) < 4.78 is 27.3. The van der Waals surface area contributed by atoms with E-state index >= 15 is 0 Å². The second kappa shape index (κ2) is 5.99. The maximum atomic E-state index is 13.7. The van der Waals surface area contributed by atoms with Crippen LogP contribution < -0.4 is 0 Å². The van der Waals surface area contributed by atoms with Gasteiger partial charge in [0.15, 0.2) is 0 Å². The molecule has 2 aromatic carbocycles. The van der Waals surface area contributed by atoms with E-state index in [1.165, 1.54) is 30.3 Å².